The lowest BCUT2D eigenvalue weighted by Crippen LogP contribution is -2.49. The van der Waals surface area contributed by atoms with Crippen molar-refractivity contribution in [2.45, 2.75) is 64.5 Å². The standard InChI is InChI=1S/C26H32N2O2/c1-4-15-27(16-5-2)26(30)23-21-11-6-7-12-22(21)25(29)28(20-13-14-20)24(23)19-10-8-9-18(3)17-19/h6-12,17,20,23-24H,4-5,13-16H2,1-3H3. The number of hydrogen-bond acceptors (Lipinski definition) is 2. The molecule has 2 atom stereocenters. The predicted octanol–water partition coefficient (Wildman–Crippen LogP) is 5.09. The Labute approximate surface area is 179 Å². The number of hydrogen-bond donors (Lipinski definition) is 0. The molecule has 1 heterocycles. The molecule has 158 valence electrons. The Hall–Kier alpha value is -2.62. The zero-order valence-electron chi connectivity index (χ0n) is 18.3. The van der Waals surface area contributed by atoms with E-state index in [4.69, 9.17) is 0 Å². The third-order valence-corrected chi connectivity index (χ3v) is 6.26. The average molecular weight is 405 g/mol. The van der Waals surface area contributed by atoms with Gasteiger partial charge in [0.15, 0.2) is 0 Å². The molecule has 0 radical (unpaired) electrons. The second-order valence-corrected chi connectivity index (χ2v) is 8.69. The Morgan fingerprint density at radius 3 is 2.37 bits per heavy atom. The van der Waals surface area contributed by atoms with Crippen molar-refractivity contribution in [2.24, 2.45) is 0 Å². The Bertz CT molecular complexity index is 928. The smallest absolute Gasteiger partial charge is 0.254 e. The molecule has 0 N–H and O–H groups in total. The number of benzene rings is 2. The van der Waals surface area contributed by atoms with Crippen LogP contribution in [-0.4, -0.2) is 40.7 Å². The van der Waals surface area contributed by atoms with Gasteiger partial charge in [0.2, 0.25) is 5.91 Å². The molecule has 1 fully saturated rings. The topological polar surface area (TPSA) is 40.6 Å². The minimum absolute atomic E-state index is 0.0705. The van der Waals surface area contributed by atoms with Gasteiger partial charge in [0.25, 0.3) is 5.91 Å². The molecular weight excluding hydrogens is 372 g/mol. The van der Waals surface area contributed by atoms with Gasteiger partial charge in [0, 0.05) is 24.7 Å². The van der Waals surface area contributed by atoms with E-state index in [9.17, 15) is 9.59 Å². The molecule has 1 aliphatic carbocycles. The highest BCUT2D eigenvalue weighted by Gasteiger charge is 2.49. The third-order valence-electron chi connectivity index (χ3n) is 6.26. The highest BCUT2D eigenvalue weighted by atomic mass is 16.2. The van der Waals surface area contributed by atoms with Crippen molar-refractivity contribution < 1.29 is 9.59 Å². The summed E-state index contributed by atoms with van der Waals surface area (Å²) in [4.78, 5) is 31.6. The second-order valence-electron chi connectivity index (χ2n) is 8.69. The lowest BCUT2D eigenvalue weighted by molar-refractivity contribution is -0.134. The number of aryl methyl sites for hydroxylation is 1. The summed E-state index contributed by atoms with van der Waals surface area (Å²) < 4.78 is 0. The number of carbonyl (C=O) groups is 2. The molecule has 0 saturated heterocycles. The first kappa shape index (κ1) is 20.6. The van der Waals surface area contributed by atoms with Gasteiger partial charge in [-0.15, -0.1) is 0 Å². The molecule has 0 spiro atoms. The fraction of sp³-hybridized carbons (Fsp3) is 0.462. The molecular formula is C26H32N2O2. The van der Waals surface area contributed by atoms with E-state index in [1.807, 2.05) is 40.1 Å². The van der Waals surface area contributed by atoms with Crippen molar-refractivity contribution in [3.05, 3.63) is 70.8 Å². The van der Waals surface area contributed by atoms with E-state index in [-0.39, 0.29) is 29.8 Å². The minimum Gasteiger partial charge on any atom is -0.342 e. The quantitative estimate of drug-likeness (QED) is 0.645. The number of fused-ring (bicyclic) bond motifs is 1. The molecule has 2 amide bonds. The van der Waals surface area contributed by atoms with Crippen LogP contribution in [-0.2, 0) is 4.79 Å². The van der Waals surface area contributed by atoms with Gasteiger partial charge in [-0.2, -0.15) is 0 Å². The maximum atomic E-state index is 14.0. The monoisotopic (exact) mass is 404 g/mol. The van der Waals surface area contributed by atoms with Crippen LogP contribution in [0.5, 0.6) is 0 Å². The molecule has 4 heteroatoms. The lowest BCUT2D eigenvalue weighted by Gasteiger charge is -2.43. The first-order chi connectivity index (χ1) is 14.6. The Morgan fingerprint density at radius 1 is 1.03 bits per heavy atom. The number of amides is 2. The van der Waals surface area contributed by atoms with Gasteiger partial charge in [-0.3, -0.25) is 9.59 Å². The molecule has 30 heavy (non-hydrogen) atoms. The van der Waals surface area contributed by atoms with Crippen LogP contribution in [0.25, 0.3) is 0 Å². The molecule has 2 unspecified atom stereocenters. The van der Waals surface area contributed by atoms with E-state index in [0.717, 1.165) is 55.5 Å². The van der Waals surface area contributed by atoms with Crippen LogP contribution in [0.15, 0.2) is 48.5 Å². The summed E-state index contributed by atoms with van der Waals surface area (Å²) in [7, 11) is 0. The SMILES string of the molecule is CCCN(CCC)C(=O)C1c2ccccc2C(=O)N(C2CC2)C1c1cccc(C)c1. The van der Waals surface area contributed by atoms with Gasteiger partial charge < -0.3 is 9.80 Å². The van der Waals surface area contributed by atoms with Crippen LogP contribution in [0.2, 0.25) is 0 Å². The van der Waals surface area contributed by atoms with Crippen molar-refractivity contribution in [2.75, 3.05) is 13.1 Å². The summed E-state index contributed by atoms with van der Waals surface area (Å²) in [5, 5.41) is 0. The van der Waals surface area contributed by atoms with Crippen LogP contribution >= 0.6 is 0 Å². The normalized spacial score (nSPS) is 20.8. The Morgan fingerprint density at radius 2 is 1.73 bits per heavy atom. The maximum absolute atomic E-state index is 14.0. The zero-order valence-corrected chi connectivity index (χ0v) is 18.3. The van der Waals surface area contributed by atoms with E-state index in [2.05, 4.69) is 39.0 Å². The first-order valence-electron chi connectivity index (χ1n) is 11.3. The molecule has 4 nitrogen and oxygen atoms in total. The molecule has 0 aromatic heterocycles. The minimum atomic E-state index is -0.362. The van der Waals surface area contributed by atoms with Crippen LogP contribution in [0.4, 0.5) is 0 Å². The van der Waals surface area contributed by atoms with Crippen molar-refractivity contribution in [3.63, 3.8) is 0 Å². The summed E-state index contributed by atoms with van der Waals surface area (Å²) in [5.41, 5.74) is 3.79. The molecule has 4 rings (SSSR count). The zero-order chi connectivity index (χ0) is 21.3. The molecule has 2 aliphatic rings. The number of rotatable bonds is 7. The van der Waals surface area contributed by atoms with Crippen LogP contribution in [0.3, 0.4) is 0 Å². The summed E-state index contributed by atoms with van der Waals surface area (Å²) in [6.07, 6.45) is 3.90. The largest absolute Gasteiger partial charge is 0.342 e. The first-order valence-corrected chi connectivity index (χ1v) is 11.3. The summed E-state index contributed by atoms with van der Waals surface area (Å²) in [6, 6.07) is 16.1. The summed E-state index contributed by atoms with van der Waals surface area (Å²) in [5.74, 6) is -0.142. The van der Waals surface area contributed by atoms with Crippen LogP contribution in [0.1, 0.15) is 78.5 Å². The van der Waals surface area contributed by atoms with E-state index >= 15 is 0 Å². The maximum Gasteiger partial charge on any atom is 0.254 e. The van der Waals surface area contributed by atoms with Crippen molar-refractivity contribution in [1.82, 2.24) is 9.80 Å². The summed E-state index contributed by atoms with van der Waals surface area (Å²) in [6.45, 7) is 7.80. The molecule has 0 bridgehead atoms. The molecule has 1 saturated carbocycles. The Balaban J connectivity index is 1.88. The van der Waals surface area contributed by atoms with E-state index in [1.165, 1.54) is 0 Å². The van der Waals surface area contributed by atoms with Crippen LogP contribution in [0, 0.1) is 6.92 Å². The van der Waals surface area contributed by atoms with Crippen molar-refractivity contribution in [1.29, 1.82) is 0 Å². The number of nitrogens with zero attached hydrogens (tertiary/aromatic N) is 2. The second kappa shape index (κ2) is 8.63. The lowest BCUT2D eigenvalue weighted by atomic mass is 9.78. The Kier molecular flexibility index (Phi) is 5.94. The van der Waals surface area contributed by atoms with Gasteiger partial charge in [0.05, 0.1) is 12.0 Å². The molecule has 1 aliphatic heterocycles. The fourth-order valence-corrected chi connectivity index (χ4v) is 4.85. The van der Waals surface area contributed by atoms with Gasteiger partial charge in [-0.05, 0) is 49.8 Å². The van der Waals surface area contributed by atoms with E-state index in [1.54, 1.807) is 0 Å². The van der Waals surface area contributed by atoms with Gasteiger partial charge in [-0.1, -0.05) is 61.9 Å². The van der Waals surface area contributed by atoms with Gasteiger partial charge >= 0.3 is 0 Å². The van der Waals surface area contributed by atoms with Gasteiger partial charge in [0.1, 0.15) is 0 Å². The summed E-state index contributed by atoms with van der Waals surface area (Å²) >= 11 is 0. The fourth-order valence-electron chi connectivity index (χ4n) is 4.85. The van der Waals surface area contributed by atoms with E-state index in [0.29, 0.717) is 5.56 Å². The number of carbonyl (C=O) groups excluding carboxylic acids is 2. The predicted molar refractivity (Wildman–Crippen MR) is 119 cm³/mol. The van der Waals surface area contributed by atoms with Crippen molar-refractivity contribution in [3.8, 4) is 0 Å². The van der Waals surface area contributed by atoms with E-state index < -0.39 is 0 Å². The van der Waals surface area contributed by atoms with Gasteiger partial charge in [-0.25, -0.2) is 0 Å². The van der Waals surface area contributed by atoms with Crippen molar-refractivity contribution >= 4 is 11.8 Å². The van der Waals surface area contributed by atoms with Crippen LogP contribution < -0.4 is 0 Å². The average Bonchev–Trinajstić information content (AvgIpc) is 3.58. The third kappa shape index (κ3) is 3.76. The molecule has 2 aromatic rings. The molecule has 2 aromatic carbocycles. The highest BCUT2D eigenvalue weighted by Crippen LogP contribution is 2.48. The highest BCUT2D eigenvalue weighted by molar-refractivity contribution is 6.01.